The minimum Gasteiger partial charge on any atom is -0.495 e. The van der Waals surface area contributed by atoms with Crippen molar-refractivity contribution in [3.05, 3.63) is 90.3 Å². The smallest absolute Gasteiger partial charge is 0.318 e. The zero-order valence-electron chi connectivity index (χ0n) is 19.6. The quantitative estimate of drug-likeness (QED) is 0.129. The summed E-state index contributed by atoms with van der Waals surface area (Å²) in [5.74, 6) is 0.0416. The highest BCUT2D eigenvalue weighted by atomic mass is 35.5. The number of anilines is 1. The van der Waals surface area contributed by atoms with E-state index in [-0.39, 0.29) is 26.5 Å². The van der Waals surface area contributed by atoms with Gasteiger partial charge in [-0.2, -0.15) is 0 Å². The fourth-order valence-electron chi connectivity index (χ4n) is 3.50. The topological polar surface area (TPSA) is 134 Å². The molecule has 0 radical (unpaired) electrons. The lowest BCUT2D eigenvalue weighted by Gasteiger charge is -2.16. The monoisotopic (exact) mass is 573 g/mol. The van der Waals surface area contributed by atoms with Crippen molar-refractivity contribution >= 4 is 68.9 Å². The largest absolute Gasteiger partial charge is 0.495 e. The van der Waals surface area contributed by atoms with Crippen LogP contribution in [0.4, 0.5) is 17.1 Å². The number of nitro groups is 2. The zero-order chi connectivity index (χ0) is 27.6. The van der Waals surface area contributed by atoms with E-state index in [2.05, 4.69) is 0 Å². The summed E-state index contributed by atoms with van der Waals surface area (Å²) in [6.45, 7) is 0. The van der Waals surface area contributed by atoms with Gasteiger partial charge in [0.15, 0.2) is 15.8 Å². The first-order valence-corrected chi connectivity index (χ1v) is 12.1. The summed E-state index contributed by atoms with van der Waals surface area (Å²) in [4.78, 5) is 36.0. The predicted molar refractivity (Wildman–Crippen MR) is 146 cm³/mol. The first-order chi connectivity index (χ1) is 18.1. The van der Waals surface area contributed by atoms with E-state index in [1.807, 2.05) is 0 Å². The molecule has 0 N–H and O–H groups in total. The number of nitrogens with zero attached hydrogens (tertiary/aromatic N) is 3. The van der Waals surface area contributed by atoms with Crippen LogP contribution in [0.15, 0.2) is 59.5 Å². The van der Waals surface area contributed by atoms with E-state index < -0.39 is 27.1 Å². The molecule has 0 aliphatic carbocycles. The van der Waals surface area contributed by atoms with Crippen LogP contribution in [0.2, 0.25) is 5.02 Å². The van der Waals surface area contributed by atoms with Crippen LogP contribution in [0.3, 0.4) is 0 Å². The Morgan fingerprint density at radius 1 is 0.974 bits per heavy atom. The zero-order valence-corrected chi connectivity index (χ0v) is 22.0. The number of carbonyl (C=O) groups is 1. The SMILES string of the molecule is COc1ccc(N2C(=O)/C(=C\c3cccc(OC)c3Oc3ccc([N+](=O)[O-])cc3[N+](=O)[O-])SC2=S)cc1Cl. The van der Waals surface area contributed by atoms with Crippen LogP contribution in [0.5, 0.6) is 23.0 Å². The van der Waals surface area contributed by atoms with Crippen LogP contribution in [0, 0.1) is 20.2 Å². The summed E-state index contributed by atoms with van der Waals surface area (Å²) < 4.78 is 16.6. The molecule has 14 heteroatoms. The van der Waals surface area contributed by atoms with E-state index >= 15 is 0 Å². The number of carbonyl (C=O) groups excluding carboxylic acids is 1. The summed E-state index contributed by atoms with van der Waals surface area (Å²) in [5, 5.41) is 23.0. The number of amides is 1. The number of non-ortho nitro benzene ring substituents is 1. The third-order valence-electron chi connectivity index (χ3n) is 5.27. The Bertz CT molecular complexity index is 1530. The Morgan fingerprint density at radius 3 is 2.32 bits per heavy atom. The lowest BCUT2D eigenvalue weighted by molar-refractivity contribution is -0.394. The number of rotatable bonds is 8. The maximum Gasteiger partial charge on any atom is 0.318 e. The molecule has 0 bridgehead atoms. The van der Waals surface area contributed by atoms with Gasteiger partial charge in [0.25, 0.3) is 11.6 Å². The molecule has 0 aromatic heterocycles. The van der Waals surface area contributed by atoms with Crippen molar-refractivity contribution in [2.45, 2.75) is 0 Å². The van der Waals surface area contributed by atoms with Crippen molar-refractivity contribution in [2.24, 2.45) is 0 Å². The number of methoxy groups -OCH3 is 2. The molecule has 1 saturated heterocycles. The van der Waals surface area contributed by atoms with Crippen LogP contribution in [0.1, 0.15) is 5.56 Å². The number of halogens is 1. The average molecular weight is 574 g/mol. The molecule has 3 aromatic carbocycles. The van der Waals surface area contributed by atoms with E-state index in [0.29, 0.717) is 22.0 Å². The molecule has 0 unspecified atom stereocenters. The fourth-order valence-corrected chi connectivity index (χ4v) is 5.04. The van der Waals surface area contributed by atoms with Crippen molar-refractivity contribution in [2.75, 3.05) is 19.1 Å². The number of hydrogen-bond donors (Lipinski definition) is 0. The molecule has 1 heterocycles. The third kappa shape index (κ3) is 5.25. The summed E-state index contributed by atoms with van der Waals surface area (Å²) in [7, 11) is 2.85. The number of hydrogen-bond acceptors (Lipinski definition) is 10. The first-order valence-electron chi connectivity index (χ1n) is 10.5. The Labute approximate surface area is 229 Å². The van der Waals surface area contributed by atoms with Crippen LogP contribution >= 0.6 is 35.6 Å². The van der Waals surface area contributed by atoms with Gasteiger partial charge in [-0.3, -0.25) is 29.9 Å². The molecule has 1 aliphatic heterocycles. The van der Waals surface area contributed by atoms with Crippen molar-refractivity contribution < 1.29 is 28.9 Å². The van der Waals surface area contributed by atoms with Gasteiger partial charge in [0.2, 0.25) is 5.75 Å². The van der Waals surface area contributed by atoms with Crippen LogP contribution in [-0.2, 0) is 4.79 Å². The average Bonchev–Trinajstić information content (AvgIpc) is 3.17. The fraction of sp³-hybridized carbons (Fsp3) is 0.0833. The highest BCUT2D eigenvalue weighted by molar-refractivity contribution is 8.27. The predicted octanol–water partition coefficient (Wildman–Crippen LogP) is 6.37. The molecule has 4 rings (SSSR count). The number of benzene rings is 3. The minimum absolute atomic E-state index is 0.0599. The Hall–Kier alpha value is -4.20. The normalized spacial score (nSPS) is 14.1. The molecular weight excluding hydrogens is 558 g/mol. The van der Waals surface area contributed by atoms with Gasteiger partial charge in [0, 0.05) is 11.6 Å². The highest BCUT2D eigenvalue weighted by Gasteiger charge is 2.34. The molecule has 1 aliphatic rings. The molecule has 3 aromatic rings. The summed E-state index contributed by atoms with van der Waals surface area (Å²) in [6.07, 6.45) is 1.51. The van der Waals surface area contributed by atoms with Gasteiger partial charge < -0.3 is 14.2 Å². The molecule has 1 fully saturated rings. The lowest BCUT2D eigenvalue weighted by atomic mass is 10.1. The maximum atomic E-state index is 13.3. The van der Waals surface area contributed by atoms with Crippen LogP contribution < -0.4 is 19.1 Å². The molecule has 0 atom stereocenters. The van der Waals surface area contributed by atoms with E-state index in [1.165, 1.54) is 25.2 Å². The van der Waals surface area contributed by atoms with Crippen LogP contribution in [-0.4, -0.2) is 34.3 Å². The van der Waals surface area contributed by atoms with Crippen molar-refractivity contribution in [1.82, 2.24) is 0 Å². The number of para-hydroxylation sites is 1. The maximum absolute atomic E-state index is 13.3. The van der Waals surface area contributed by atoms with Gasteiger partial charge >= 0.3 is 5.69 Å². The Kier molecular flexibility index (Phi) is 7.80. The van der Waals surface area contributed by atoms with E-state index in [4.69, 9.17) is 38.0 Å². The summed E-state index contributed by atoms with van der Waals surface area (Å²) >= 11 is 12.7. The van der Waals surface area contributed by atoms with E-state index in [9.17, 15) is 25.0 Å². The van der Waals surface area contributed by atoms with Crippen molar-refractivity contribution in [3.63, 3.8) is 0 Å². The summed E-state index contributed by atoms with van der Waals surface area (Å²) in [5.41, 5.74) is -0.277. The standard InChI is InChI=1S/C24H16ClN3O8S2/c1-34-18-8-6-14(11-16(18)25)26-23(29)21(38-24(26)37)10-13-4-3-5-20(35-2)22(13)36-19-9-7-15(27(30)31)12-17(19)28(32)33/h3-12H,1-2H3/b21-10+. The number of thiocarbonyl (C=S) groups is 1. The van der Waals surface area contributed by atoms with Gasteiger partial charge in [0.05, 0.1) is 45.7 Å². The van der Waals surface area contributed by atoms with Crippen molar-refractivity contribution in [1.29, 1.82) is 0 Å². The number of thioether (sulfide) groups is 1. The Morgan fingerprint density at radius 2 is 1.68 bits per heavy atom. The molecule has 1 amide bonds. The van der Waals surface area contributed by atoms with Gasteiger partial charge in [-0.25, -0.2) is 0 Å². The Balaban J connectivity index is 1.74. The molecule has 194 valence electrons. The third-order valence-corrected chi connectivity index (χ3v) is 6.86. The lowest BCUT2D eigenvalue weighted by Crippen LogP contribution is -2.27. The van der Waals surface area contributed by atoms with Crippen LogP contribution in [0.25, 0.3) is 6.08 Å². The molecule has 0 spiro atoms. The van der Waals surface area contributed by atoms with Crippen molar-refractivity contribution in [3.8, 4) is 23.0 Å². The second-order valence-corrected chi connectivity index (χ2v) is 9.57. The number of nitro benzene ring substituents is 2. The van der Waals surface area contributed by atoms with E-state index in [1.54, 1.807) is 36.4 Å². The van der Waals surface area contributed by atoms with Gasteiger partial charge in [-0.1, -0.05) is 47.7 Å². The molecule has 38 heavy (non-hydrogen) atoms. The minimum atomic E-state index is -0.789. The second kappa shape index (κ2) is 11.0. The van der Waals surface area contributed by atoms with Gasteiger partial charge in [-0.15, -0.1) is 0 Å². The molecule has 0 saturated carbocycles. The first kappa shape index (κ1) is 26.9. The molecule has 11 nitrogen and oxygen atoms in total. The summed E-state index contributed by atoms with van der Waals surface area (Å²) in [6, 6.07) is 12.7. The highest BCUT2D eigenvalue weighted by Crippen LogP contribution is 2.43. The second-order valence-electron chi connectivity index (χ2n) is 7.48. The van der Waals surface area contributed by atoms with Gasteiger partial charge in [-0.05, 0) is 36.4 Å². The number of ether oxygens (including phenoxy) is 3. The molecular formula is C24H16ClN3O8S2. The van der Waals surface area contributed by atoms with Gasteiger partial charge in [0.1, 0.15) is 5.75 Å². The van der Waals surface area contributed by atoms with E-state index in [0.717, 1.165) is 30.0 Å².